The van der Waals surface area contributed by atoms with Gasteiger partial charge in [-0.3, -0.25) is 4.79 Å². The van der Waals surface area contributed by atoms with Crippen LogP contribution in [-0.2, 0) is 4.79 Å². The normalized spacial score (nSPS) is 16.2. The topological polar surface area (TPSA) is 87.5 Å². The number of urea groups is 1. The Hall–Kier alpha value is -1.79. The van der Waals surface area contributed by atoms with Gasteiger partial charge in [0, 0.05) is 18.8 Å². The van der Waals surface area contributed by atoms with Crippen molar-refractivity contribution in [3.63, 3.8) is 0 Å². The summed E-state index contributed by atoms with van der Waals surface area (Å²) in [5.41, 5.74) is 6.35. The lowest BCUT2D eigenvalue weighted by molar-refractivity contribution is -0.134. The number of nitrogens with one attached hydrogen (secondary N) is 2. The number of hydrogen-bond donors (Lipinski definition) is 3. The van der Waals surface area contributed by atoms with Crippen molar-refractivity contribution in [1.29, 1.82) is 0 Å². The van der Waals surface area contributed by atoms with E-state index in [1.54, 1.807) is 24.0 Å². The van der Waals surface area contributed by atoms with Crippen LogP contribution >= 0.6 is 12.4 Å². The van der Waals surface area contributed by atoms with E-state index in [-0.39, 0.29) is 24.3 Å². The van der Waals surface area contributed by atoms with Crippen molar-refractivity contribution in [3.8, 4) is 0 Å². The quantitative estimate of drug-likeness (QED) is 0.781. The van der Waals surface area contributed by atoms with E-state index in [0.717, 1.165) is 12.8 Å². The fourth-order valence-electron chi connectivity index (χ4n) is 2.61. The van der Waals surface area contributed by atoms with Crippen LogP contribution in [0.4, 0.5) is 10.5 Å². The monoisotopic (exact) mass is 340 g/mol. The van der Waals surface area contributed by atoms with Crippen molar-refractivity contribution < 1.29 is 9.59 Å². The first-order valence-corrected chi connectivity index (χ1v) is 7.71. The van der Waals surface area contributed by atoms with Gasteiger partial charge < -0.3 is 21.3 Å². The van der Waals surface area contributed by atoms with Gasteiger partial charge >= 0.3 is 6.03 Å². The number of benzene rings is 1. The summed E-state index contributed by atoms with van der Waals surface area (Å²) in [6.45, 7) is 3.82. The van der Waals surface area contributed by atoms with E-state index >= 15 is 0 Å². The minimum absolute atomic E-state index is 0. The average Bonchev–Trinajstić information content (AvgIpc) is 2.55. The second kappa shape index (κ2) is 9.37. The predicted molar refractivity (Wildman–Crippen MR) is 93.7 cm³/mol. The van der Waals surface area contributed by atoms with E-state index in [0.29, 0.717) is 31.2 Å². The van der Waals surface area contributed by atoms with Gasteiger partial charge in [-0.15, -0.1) is 12.4 Å². The molecule has 1 saturated heterocycles. The molecule has 3 amide bonds. The molecule has 0 spiro atoms. The molecule has 128 valence electrons. The smallest absolute Gasteiger partial charge is 0.319 e. The third-order valence-electron chi connectivity index (χ3n) is 4.01. The Morgan fingerprint density at radius 3 is 2.43 bits per heavy atom. The number of nitrogens with zero attached hydrogens (tertiary/aromatic N) is 1. The number of anilines is 1. The van der Waals surface area contributed by atoms with Crippen molar-refractivity contribution in [2.75, 3.05) is 25.0 Å². The van der Waals surface area contributed by atoms with E-state index < -0.39 is 6.04 Å². The summed E-state index contributed by atoms with van der Waals surface area (Å²) in [6.07, 6.45) is 1.87. The van der Waals surface area contributed by atoms with Gasteiger partial charge in [-0.2, -0.15) is 0 Å². The van der Waals surface area contributed by atoms with Gasteiger partial charge in [0.1, 0.15) is 6.04 Å². The third kappa shape index (κ3) is 5.73. The number of nitrogens with two attached hydrogens (primary N) is 1. The molecule has 1 aromatic rings. The van der Waals surface area contributed by atoms with Crippen LogP contribution in [-0.4, -0.2) is 42.5 Å². The highest BCUT2D eigenvalue weighted by Gasteiger charge is 2.26. The van der Waals surface area contributed by atoms with Crippen LogP contribution in [0, 0.1) is 5.92 Å². The highest BCUT2D eigenvalue weighted by molar-refractivity contribution is 5.93. The first kappa shape index (κ1) is 19.3. The number of carbonyl (C=O) groups excluding carboxylic acids is 2. The SMILES string of the molecule is CC(NC(=O)Nc1ccccc1)C(=O)N1CCC(CN)CC1.Cl. The summed E-state index contributed by atoms with van der Waals surface area (Å²) in [7, 11) is 0. The Labute approximate surface area is 143 Å². The molecule has 23 heavy (non-hydrogen) atoms. The van der Waals surface area contributed by atoms with Crippen LogP contribution in [0.2, 0.25) is 0 Å². The molecule has 6 nitrogen and oxygen atoms in total. The Morgan fingerprint density at radius 2 is 1.87 bits per heavy atom. The van der Waals surface area contributed by atoms with Gasteiger partial charge in [-0.25, -0.2) is 4.79 Å². The number of hydrogen-bond acceptors (Lipinski definition) is 3. The summed E-state index contributed by atoms with van der Waals surface area (Å²) < 4.78 is 0. The highest BCUT2D eigenvalue weighted by atomic mass is 35.5. The predicted octanol–water partition coefficient (Wildman–Crippen LogP) is 1.82. The first-order chi connectivity index (χ1) is 10.6. The van der Waals surface area contributed by atoms with Crippen LogP contribution in [0.3, 0.4) is 0 Å². The summed E-state index contributed by atoms with van der Waals surface area (Å²) in [5.74, 6) is 0.465. The van der Waals surface area contributed by atoms with Gasteiger partial charge in [0.25, 0.3) is 0 Å². The molecule has 1 aliphatic rings. The number of amides is 3. The lowest BCUT2D eigenvalue weighted by Crippen LogP contribution is -2.50. The Kier molecular flexibility index (Phi) is 7.85. The highest BCUT2D eigenvalue weighted by Crippen LogP contribution is 2.16. The molecular weight excluding hydrogens is 316 g/mol. The lowest BCUT2D eigenvalue weighted by Gasteiger charge is -2.33. The maximum absolute atomic E-state index is 12.3. The molecule has 1 aromatic carbocycles. The number of rotatable bonds is 4. The number of halogens is 1. The van der Waals surface area contributed by atoms with Gasteiger partial charge in [0.15, 0.2) is 0 Å². The minimum Gasteiger partial charge on any atom is -0.341 e. The molecule has 1 heterocycles. The zero-order valence-electron chi connectivity index (χ0n) is 13.3. The minimum atomic E-state index is -0.543. The fraction of sp³-hybridized carbons (Fsp3) is 0.500. The largest absolute Gasteiger partial charge is 0.341 e. The first-order valence-electron chi connectivity index (χ1n) is 7.71. The van der Waals surface area contributed by atoms with Crippen molar-refractivity contribution in [3.05, 3.63) is 30.3 Å². The molecule has 0 radical (unpaired) electrons. The van der Waals surface area contributed by atoms with Crippen LogP contribution in [0.5, 0.6) is 0 Å². The summed E-state index contributed by atoms with van der Waals surface area (Å²) in [5, 5.41) is 5.39. The Bertz CT molecular complexity index is 504. The molecule has 2 rings (SSSR count). The van der Waals surface area contributed by atoms with Gasteiger partial charge in [-0.1, -0.05) is 18.2 Å². The summed E-state index contributed by atoms with van der Waals surface area (Å²) >= 11 is 0. The van der Waals surface area contributed by atoms with Crippen molar-refractivity contribution >= 4 is 30.0 Å². The zero-order chi connectivity index (χ0) is 15.9. The fourth-order valence-corrected chi connectivity index (χ4v) is 2.61. The number of likely N-dealkylation sites (tertiary alicyclic amines) is 1. The average molecular weight is 341 g/mol. The maximum Gasteiger partial charge on any atom is 0.319 e. The summed E-state index contributed by atoms with van der Waals surface area (Å²) in [4.78, 5) is 26.0. The Morgan fingerprint density at radius 1 is 1.26 bits per heavy atom. The molecule has 0 aliphatic carbocycles. The van der Waals surface area contributed by atoms with Gasteiger partial charge in [0.05, 0.1) is 0 Å². The third-order valence-corrected chi connectivity index (χ3v) is 4.01. The van der Waals surface area contributed by atoms with E-state index in [1.807, 2.05) is 18.2 Å². The molecule has 0 bridgehead atoms. The molecule has 1 unspecified atom stereocenters. The number of para-hydroxylation sites is 1. The molecule has 1 aliphatic heterocycles. The van der Waals surface area contributed by atoms with Gasteiger partial charge in [0.2, 0.25) is 5.91 Å². The molecule has 1 fully saturated rings. The second-order valence-electron chi connectivity index (χ2n) is 5.69. The Balaban J connectivity index is 0.00000264. The van der Waals surface area contributed by atoms with E-state index in [9.17, 15) is 9.59 Å². The van der Waals surface area contributed by atoms with Crippen molar-refractivity contribution in [2.45, 2.75) is 25.8 Å². The van der Waals surface area contributed by atoms with E-state index in [2.05, 4.69) is 10.6 Å². The molecule has 0 saturated carbocycles. The molecule has 0 aromatic heterocycles. The standard InChI is InChI=1S/C16H24N4O2.ClH/c1-12(15(21)20-9-7-13(11-17)8-10-20)18-16(22)19-14-5-3-2-4-6-14;/h2-6,12-13H,7-11,17H2,1H3,(H2,18,19,22);1H. The van der Waals surface area contributed by atoms with Crippen LogP contribution in [0.25, 0.3) is 0 Å². The molecule has 7 heteroatoms. The molecule has 1 atom stereocenters. The zero-order valence-corrected chi connectivity index (χ0v) is 14.1. The maximum atomic E-state index is 12.3. The van der Waals surface area contributed by atoms with Crippen LogP contribution in [0.1, 0.15) is 19.8 Å². The van der Waals surface area contributed by atoms with Crippen LogP contribution in [0.15, 0.2) is 30.3 Å². The van der Waals surface area contributed by atoms with E-state index in [4.69, 9.17) is 5.73 Å². The van der Waals surface area contributed by atoms with Crippen molar-refractivity contribution in [2.24, 2.45) is 11.7 Å². The lowest BCUT2D eigenvalue weighted by atomic mass is 9.97. The summed E-state index contributed by atoms with van der Waals surface area (Å²) in [6, 6.07) is 8.23. The molecule has 4 N–H and O–H groups in total. The van der Waals surface area contributed by atoms with Crippen molar-refractivity contribution in [1.82, 2.24) is 10.2 Å². The van der Waals surface area contributed by atoms with Crippen LogP contribution < -0.4 is 16.4 Å². The molecular formula is C16H25ClN4O2. The number of piperidine rings is 1. The number of carbonyl (C=O) groups is 2. The second-order valence-corrected chi connectivity index (χ2v) is 5.69. The van der Waals surface area contributed by atoms with Gasteiger partial charge in [-0.05, 0) is 44.4 Å². The van der Waals surface area contributed by atoms with E-state index in [1.165, 1.54) is 0 Å².